The van der Waals surface area contributed by atoms with Gasteiger partial charge in [0.1, 0.15) is 0 Å². The van der Waals surface area contributed by atoms with Crippen LogP contribution >= 0.6 is 15.9 Å². The number of hydrogen-bond donors (Lipinski definition) is 2. The predicted molar refractivity (Wildman–Crippen MR) is 80.7 cm³/mol. The molecular weight excluding hydrogens is 340 g/mol. The number of ether oxygens (including phenoxy) is 1. The number of hydrogen-bond acceptors (Lipinski definition) is 5. The standard InChI is InChI=1S/C14H13BrN2O4/c1-2-20-12-7-9(3-4-10(12)18)8-16-17-14(19)11-5-6-13(15)21-11/h3-8,18H,2H2,1H3,(H,17,19). The van der Waals surface area contributed by atoms with Gasteiger partial charge in [-0.1, -0.05) is 0 Å². The molecule has 0 radical (unpaired) electrons. The van der Waals surface area contributed by atoms with Crippen LogP contribution in [-0.2, 0) is 0 Å². The van der Waals surface area contributed by atoms with Crippen LogP contribution in [0.25, 0.3) is 0 Å². The molecule has 0 fully saturated rings. The lowest BCUT2D eigenvalue weighted by Gasteiger charge is -2.05. The number of benzene rings is 1. The number of aromatic hydroxyl groups is 1. The summed E-state index contributed by atoms with van der Waals surface area (Å²) < 4.78 is 10.8. The molecule has 0 aliphatic rings. The molecule has 2 N–H and O–H groups in total. The van der Waals surface area contributed by atoms with Crippen LogP contribution in [0, 0.1) is 0 Å². The maximum absolute atomic E-state index is 11.7. The van der Waals surface area contributed by atoms with E-state index < -0.39 is 5.91 Å². The van der Waals surface area contributed by atoms with Gasteiger partial charge in [0, 0.05) is 0 Å². The normalized spacial score (nSPS) is 10.8. The number of phenolic OH excluding ortho intramolecular Hbond substituents is 1. The molecule has 2 rings (SSSR count). The van der Waals surface area contributed by atoms with Gasteiger partial charge in [0.05, 0.1) is 12.8 Å². The molecule has 0 aliphatic carbocycles. The van der Waals surface area contributed by atoms with E-state index in [1.807, 2.05) is 6.92 Å². The first-order valence-corrected chi connectivity index (χ1v) is 6.94. The third-order valence-corrected chi connectivity index (χ3v) is 2.89. The van der Waals surface area contributed by atoms with Crippen LogP contribution in [0.2, 0.25) is 0 Å². The molecule has 0 atom stereocenters. The summed E-state index contributed by atoms with van der Waals surface area (Å²) in [5.74, 6) is 0.113. The zero-order chi connectivity index (χ0) is 15.2. The van der Waals surface area contributed by atoms with Crippen molar-refractivity contribution in [2.45, 2.75) is 6.92 Å². The number of nitrogens with zero attached hydrogens (tertiary/aromatic N) is 1. The average Bonchev–Trinajstić information content (AvgIpc) is 2.89. The van der Waals surface area contributed by atoms with Crippen molar-refractivity contribution in [2.75, 3.05) is 6.61 Å². The van der Waals surface area contributed by atoms with E-state index in [1.54, 1.807) is 18.2 Å². The van der Waals surface area contributed by atoms with Gasteiger partial charge in [-0.15, -0.1) is 0 Å². The van der Waals surface area contributed by atoms with Crippen molar-refractivity contribution in [3.63, 3.8) is 0 Å². The second kappa shape index (κ2) is 6.94. The Kier molecular flexibility index (Phi) is 4.99. The van der Waals surface area contributed by atoms with E-state index in [2.05, 4.69) is 26.5 Å². The Balaban J connectivity index is 2.01. The van der Waals surface area contributed by atoms with E-state index in [0.29, 0.717) is 22.6 Å². The van der Waals surface area contributed by atoms with E-state index in [4.69, 9.17) is 9.15 Å². The SMILES string of the molecule is CCOc1cc(C=NNC(=O)c2ccc(Br)o2)ccc1O. The third-order valence-electron chi connectivity index (χ3n) is 2.46. The molecule has 1 aromatic carbocycles. The van der Waals surface area contributed by atoms with E-state index in [-0.39, 0.29) is 11.5 Å². The quantitative estimate of drug-likeness (QED) is 0.640. The molecule has 0 bridgehead atoms. The lowest BCUT2D eigenvalue weighted by atomic mass is 10.2. The summed E-state index contributed by atoms with van der Waals surface area (Å²) in [6, 6.07) is 7.92. The Morgan fingerprint density at radius 1 is 1.48 bits per heavy atom. The summed E-state index contributed by atoms with van der Waals surface area (Å²) in [5.41, 5.74) is 3.02. The van der Waals surface area contributed by atoms with Crippen LogP contribution in [0.5, 0.6) is 11.5 Å². The zero-order valence-electron chi connectivity index (χ0n) is 11.2. The van der Waals surface area contributed by atoms with Crippen molar-refractivity contribution in [1.29, 1.82) is 0 Å². The summed E-state index contributed by atoms with van der Waals surface area (Å²) in [6.45, 7) is 2.26. The fourth-order valence-corrected chi connectivity index (χ4v) is 1.85. The minimum absolute atomic E-state index is 0.0541. The lowest BCUT2D eigenvalue weighted by Crippen LogP contribution is -2.16. The Morgan fingerprint density at radius 3 is 2.95 bits per heavy atom. The second-order valence-corrected chi connectivity index (χ2v) is 4.74. The molecule has 21 heavy (non-hydrogen) atoms. The number of halogens is 1. The molecule has 1 heterocycles. The molecule has 110 valence electrons. The van der Waals surface area contributed by atoms with Gasteiger partial charge >= 0.3 is 5.91 Å². The first-order valence-electron chi connectivity index (χ1n) is 6.14. The largest absolute Gasteiger partial charge is 0.504 e. The van der Waals surface area contributed by atoms with Crippen LogP contribution in [0.15, 0.2) is 44.5 Å². The molecule has 0 unspecified atom stereocenters. The van der Waals surface area contributed by atoms with Gasteiger partial charge in [-0.2, -0.15) is 5.10 Å². The van der Waals surface area contributed by atoms with Gasteiger partial charge in [-0.25, -0.2) is 5.43 Å². The first kappa shape index (κ1) is 15.1. The Morgan fingerprint density at radius 2 is 2.29 bits per heavy atom. The number of hydrazone groups is 1. The topological polar surface area (TPSA) is 84.1 Å². The number of rotatable bonds is 5. The average molecular weight is 353 g/mol. The molecule has 0 saturated carbocycles. The number of furan rings is 1. The number of amides is 1. The van der Waals surface area contributed by atoms with Gasteiger partial charge in [0.25, 0.3) is 0 Å². The van der Waals surface area contributed by atoms with Crippen molar-refractivity contribution < 1.29 is 19.1 Å². The molecule has 0 spiro atoms. The highest BCUT2D eigenvalue weighted by Gasteiger charge is 2.08. The molecule has 1 aromatic heterocycles. The first-order chi connectivity index (χ1) is 10.1. The van der Waals surface area contributed by atoms with Crippen LogP contribution in [0.4, 0.5) is 0 Å². The van der Waals surface area contributed by atoms with E-state index in [0.717, 1.165) is 0 Å². The van der Waals surface area contributed by atoms with Gasteiger partial charge in [0.2, 0.25) is 0 Å². The summed E-state index contributed by atoms with van der Waals surface area (Å²) in [7, 11) is 0. The third kappa shape index (κ3) is 4.09. The molecule has 2 aromatic rings. The predicted octanol–water partition coefficient (Wildman–Crippen LogP) is 2.91. The number of nitrogens with one attached hydrogen (secondary N) is 1. The minimum atomic E-state index is -0.458. The second-order valence-electron chi connectivity index (χ2n) is 3.96. The Labute approximate surface area is 129 Å². The minimum Gasteiger partial charge on any atom is -0.504 e. The van der Waals surface area contributed by atoms with E-state index in [9.17, 15) is 9.90 Å². The van der Waals surface area contributed by atoms with Crippen molar-refractivity contribution in [3.05, 3.63) is 46.3 Å². The summed E-state index contributed by atoms with van der Waals surface area (Å²) in [5, 5.41) is 13.4. The van der Waals surface area contributed by atoms with Crippen molar-refractivity contribution in [1.82, 2.24) is 5.43 Å². The Hall–Kier alpha value is -2.28. The fraction of sp³-hybridized carbons (Fsp3) is 0.143. The number of carbonyl (C=O) groups excluding carboxylic acids is 1. The maximum atomic E-state index is 11.7. The van der Waals surface area contributed by atoms with E-state index >= 15 is 0 Å². The smallest absolute Gasteiger partial charge is 0.307 e. The zero-order valence-corrected chi connectivity index (χ0v) is 12.8. The highest BCUT2D eigenvalue weighted by molar-refractivity contribution is 9.10. The molecule has 6 nitrogen and oxygen atoms in total. The highest BCUT2D eigenvalue weighted by atomic mass is 79.9. The molecule has 0 saturated heterocycles. The molecule has 7 heteroatoms. The summed E-state index contributed by atoms with van der Waals surface area (Å²) in [4.78, 5) is 11.7. The molecule has 1 amide bonds. The van der Waals surface area contributed by atoms with Gasteiger partial charge in [0.15, 0.2) is 21.9 Å². The van der Waals surface area contributed by atoms with Crippen LogP contribution in [-0.4, -0.2) is 23.8 Å². The van der Waals surface area contributed by atoms with Gasteiger partial charge < -0.3 is 14.3 Å². The number of carbonyl (C=O) groups is 1. The van der Waals surface area contributed by atoms with Crippen LogP contribution in [0.3, 0.4) is 0 Å². The van der Waals surface area contributed by atoms with Gasteiger partial charge in [-0.05, 0) is 58.7 Å². The summed E-state index contributed by atoms with van der Waals surface area (Å²) >= 11 is 3.11. The summed E-state index contributed by atoms with van der Waals surface area (Å²) in [6.07, 6.45) is 1.44. The van der Waals surface area contributed by atoms with Crippen LogP contribution < -0.4 is 10.2 Å². The van der Waals surface area contributed by atoms with Crippen molar-refractivity contribution >= 4 is 28.1 Å². The molecule has 0 aliphatic heterocycles. The molecular formula is C14H13BrN2O4. The Bertz CT molecular complexity index is 667. The fourth-order valence-electron chi connectivity index (χ4n) is 1.54. The van der Waals surface area contributed by atoms with E-state index in [1.165, 1.54) is 18.3 Å². The highest BCUT2D eigenvalue weighted by Crippen LogP contribution is 2.26. The number of phenols is 1. The van der Waals surface area contributed by atoms with Crippen LogP contribution in [0.1, 0.15) is 23.0 Å². The van der Waals surface area contributed by atoms with Gasteiger partial charge in [-0.3, -0.25) is 4.79 Å². The monoisotopic (exact) mass is 352 g/mol. The van der Waals surface area contributed by atoms with Crippen molar-refractivity contribution in [3.8, 4) is 11.5 Å². The lowest BCUT2D eigenvalue weighted by molar-refractivity contribution is 0.0926. The van der Waals surface area contributed by atoms with Crippen molar-refractivity contribution in [2.24, 2.45) is 5.10 Å². The maximum Gasteiger partial charge on any atom is 0.307 e.